The van der Waals surface area contributed by atoms with E-state index < -0.39 is 0 Å². The van der Waals surface area contributed by atoms with Gasteiger partial charge in [0.2, 0.25) is 0 Å². The Morgan fingerprint density at radius 3 is 2.83 bits per heavy atom. The van der Waals surface area contributed by atoms with Crippen molar-refractivity contribution in [2.75, 3.05) is 0 Å². The topological polar surface area (TPSA) is 110 Å². The van der Waals surface area contributed by atoms with Crippen LogP contribution >= 0.6 is 0 Å². The second-order valence-corrected chi connectivity index (χ2v) is 8.62. The highest BCUT2D eigenvalue weighted by Crippen LogP contribution is 2.32. The Balaban J connectivity index is 1.19. The standard InChI is InChI=1S/C27H20N8O/c1-16(20-6-9-28-27-21(20)7-10-29-27)36-19-3-5-24-22(13-19)26(34-32-24)18-2-4-23(30-14-18)17-8-11-35-15-31-33-25(35)12-17/h2-16H,1H3,(H,28,29)(H,32,34)/t16-/m1/s1. The number of nitrogens with zero attached hydrogens (tertiary/aromatic N) is 6. The molecule has 0 aliphatic heterocycles. The number of benzene rings is 1. The molecule has 0 amide bonds. The molecule has 7 rings (SSSR count). The van der Waals surface area contributed by atoms with E-state index in [0.717, 1.165) is 61.4 Å². The molecule has 0 fully saturated rings. The Hall–Kier alpha value is -5.05. The van der Waals surface area contributed by atoms with Crippen LogP contribution in [0.2, 0.25) is 0 Å². The number of ether oxygens (including phenoxy) is 1. The van der Waals surface area contributed by atoms with Gasteiger partial charge in [0.05, 0.1) is 11.2 Å². The van der Waals surface area contributed by atoms with Crippen molar-refractivity contribution < 1.29 is 4.74 Å². The lowest BCUT2D eigenvalue weighted by Crippen LogP contribution is -2.03. The number of rotatable bonds is 5. The zero-order chi connectivity index (χ0) is 24.1. The van der Waals surface area contributed by atoms with Gasteiger partial charge in [-0.15, -0.1) is 10.2 Å². The summed E-state index contributed by atoms with van der Waals surface area (Å²) in [6.45, 7) is 2.04. The summed E-state index contributed by atoms with van der Waals surface area (Å²) in [5, 5.41) is 17.8. The molecule has 6 aromatic heterocycles. The molecule has 9 nitrogen and oxygen atoms in total. The van der Waals surface area contributed by atoms with Crippen molar-refractivity contribution in [3.8, 4) is 28.3 Å². The monoisotopic (exact) mass is 472 g/mol. The van der Waals surface area contributed by atoms with Crippen molar-refractivity contribution in [2.45, 2.75) is 13.0 Å². The molecule has 0 unspecified atom stereocenters. The van der Waals surface area contributed by atoms with Crippen LogP contribution in [0.1, 0.15) is 18.6 Å². The average Bonchev–Trinajstić information content (AvgIpc) is 3.67. The number of hydrogen-bond acceptors (Lipinski definition) is 6. The smallest absolute Gasteiger partial charge is 0.161 e. The molecule has 2 N–H and O–H groups in total. The van der Waals surface area contributed by atoms with E-state index in [2.05, 4.69) is 35.3 Å². The van der Waals surface area contributed by atoms with Crippen LogP contribution in [0.4, 0.5) is 0 Å². The molecule has 36 heavy (non-hydrogen) atoms. The summed E-state index contributed by atoms with van der Waals surface area (Å²) in [4.78, 5) is 12.2. The first kappa shape index (κ1) is 20.3. The predicted molar refractivity (Wildman–Crippen MR) is 136 cm³/mol. The SMILES string of the molecule is C[C@@H](Oc1ccc2[nH]nc(-c3ccc(-c4ccn5cnnc5c4)nc3)c2c1)c1ccnc2[nH]ccc12. The molecular weight excluding hydrogens is 452 g/mol. The summed E-state index contributed by atoms with van der Waals surface area (Å²) >= 11 is 0. The second-order valence-electron chi connectivity index (χ2n) is 8.62. The molecule has 0 radical (unpaired) electrons. The summed E-state index contributed by atoms with van der Waals surface area (Å²) in [5.41, 5.74) is 7.23. The minimum absolute atomic E-state index is 0.150. The van der Waals surface area contributed by atoms with Crippen LogP contribution in [0.5, 0.6) is 5.75 Å². The number of H-pyrrole nitrogens is 2. The summed E-state index contributed by atoms with van der Waals surface area (Å²) in [6, 6.07) is 18.0. The van der Waals surface area contributed by atoms with Gasteiger partial charge in [0.25, 0.3) is 0 Å². The molecule has 9 heteroatoms. The van der Waals surface area contributed by atoms with Gasteiger partial charge in [-0.2, -0.15) is 5.10 Å². The van der Waals surface area contributed by atoms with Crippen LogP contribution < -0.4 is 4.74 Å². The third kappa shape index (κ3) is 3.37. The lowest BCUT2D eigenvalue weighted by molar-refractivity contribution is 0.229. The molecule has 0 saturated heterocycles. The summed E-state index contributed by atoms with van der Waals surface area (Å²) < 4.78 is 8.20. The zero-order valence-corrected chi connectivity index (χ0v) is 19.3. The number of fused-ring (bicyclic) bond motifs is 3. The molecule has 6 heterocycles. The van der Waals surface area contributed by atoms with Crippen LogP contribution in [-0.2, 0) is 0 Å². The summed E-state index contributed by atoms with van der Waals surface area (Å²) in [6.07, 6.45) is 8.99. The molecule has 7 aromatic rings. The fourth-order valence-electron chi connectivity index (χ4n) is 4.57. The van der Waals surface area contributed by atoms with Crippen LogP contribution in [0, 0.1) is 0 Å². The van der Waals surface area contributed by atoms with E-state index in [1.807, 2.05) is 84.5 Å². The number of pyridine rings is 3. The van der Waals surface area contributed by atoms with Gasteiger partial charge in [-0.1, -0.05) is 0 Å². The maximum Gasteiger partial charge on any atom is 0.161 e. The minimum Gasteiger partial charge on any atom is -0.486 e. The molecule has 1 aromatic carbocycles. The summed E-state index contributed by atoms with van der Waals surface area (Å²) in [5.74, 6) is 0.768. The first-order chi connectivity index (χ1) is 17.7. The fraction of sp³-hybridized carbons (Fsp3) is 0.0741. The largest absolute Gasteiger partial charge is 0.486 e. The highest BCUT2D eigenvalue weighted by molar-refractivity contribution is 5.93. The second kappa shape index (κ2) is 8.02. The van der Waals surface area contributed by atoms with Crippen molar-refractivity contribution in [3.63, 3.8) is 0 Å². The first-order valence-corrected chi connectivity index (χ1v) is 11.6. The molecule has 1 atom stereocenters. The highest BCUT2D eigenvalue weighted by atomic mass is 16.5. The Morgan fingerprint density at radius 2 is 1.92 bits per heavy atom. The molecule has 174 valence electrons. The Labute approximate surface area is 204 Å². The van der Waals surface area contributed by atoms with Crippen molar-refractivity contribution >= 4 is 27.6 Å². The predicted octanol–water partition coefficient (Wildman–Crippen LogP) is 5.35. The van der Waals surface area contributed by atoms with Crippen LogP contribution in [0.25, 0.3) is 50.1 Å². The number of aromatic amines is 2. The molecule has 0 spiro atoms. The summed E-state index contributed by atoms with van der Waals surface area (Å²) in [7, 11) is 0. The van der Waals surface area contributed by atoms with Crippen LogP contribution in [0.15, 0.2) is 85.7 Å². The normalized spacial score (nSPS) is 12.5. The third-order valence-electron chi connectivity index (χ3n) is 6.41. The van der Waals surface area contributed by atoms with E-state index in [9.17, 15) is 0 Å². The van der Waals surface area contributed by atoms with Gasteiger partial charge in [-0.3, -0.25) is 14.5 Å². The van der Waals surface area contributed by atoms with Crippen LogP contribution in [-0.4, -0.2) is 39.7 Å². The fourth-order valence-corrected chi connectivity index (χ4v) is 4.57. The first-order valence-electron chi connectivity index (χ1n) is 11.6. The number of aromatic nitrogens is 8. The lowest BCUT2D eigenvalue weighted by atomic mass is 10.1. The maximum absolute atomic E-state index is 6.34. The van der Waals surface area contributed by atoms with E-state index >= 15 is 0 Å². The van der Waals surface area contributed by atoms with Gasteiger partial charge >= 0.3 is 0 Å². The highest BCUT2D eigenvalue weighted by Gasteiger charge is 2.15. The molecule has 0 saturated carbocycles. The van der Waals surface area contributed by atoms with E-state index in [1.54, 1.807) is 12.5 Å². The van der Waals surface area contributed by atoms with Crippen molar-refractivity contribution in [1.82, 2.24) is 39.7 Å². The quantitative estimate of drug-likeness (QED) is 0.349. The van der Waals surface area contributed by atoms with E-state index in [1.165, 1.54) is 0 Å². The van der Waals surface area contributed by atoms with Crippen LogP contribution in [0.3, 0.4) is 0 Å². The van der Waals surface area contributed by atoms with Gasteiger partial charge in [0.15, 0.2) is 5.65 Å². The lowest BCUT2D eigenvalue weighted by Gasteiger charge is -2.16. The van der Waals surface area contributed by atoms with Crippen molar-refractivity contribution in [2.24, 2.45) is 0 Å². The van der Waals surface area contributed by atoms with Crippen molar-refractivity contribution in [3.05, 3.63) is 91.3 Å². The van der Waals surface area contributed by atoms with Gasteiger partial charge < -0.3 is 9.72 Å². The molecule has 0 aliphatic rings. The molecule has 0 bridgehead atoms. The minimum atomic E-state index is -0.150. The maximum atomic E-state index is 6.34. The molecule has 0 aliphatic carbocycles. The van der Waals surface area contributed by atoms with Gasteiger partial charge in [0, 0.05) is 52.3 Å². The Bertz CT molecular complexity index is 1850. The third-order valence-corrected chi connectivity index (χ3v) is 6.41. The zero-order valence-electron chi connectivity index (χ0n) is 19.3. The number of hydrogen-bond donors (Lipinski definition) is 2. The molecular formula is C27H20N8O. The van der Waals surface area contributed by atoms with Gasteiger partial charge in [-0.05, 0) is 61.5 Å². The van der Waals surface area contributed by atoms with E-state index in [0.29, 0.717) is 0 Å². The van der Waals surface area contributed by atoms with E-state index in [-0.39, 0.29) is 6.10 Å². The van der Waals surface area contributed by atoms with Crippen molar-refractivity contribution in [1.29, 1.82) is 0 Å². The number of nitrogens with one attached hydrogen (secondary N) is 2. The Kier molecular flexibility index (Phi) is 4.53. The Morgan fingerprint density at radius 1 is 0.944 bits per heavy atom. The van der Waals surface area contributed by atoms with E-state index in [4.69, 9.17) is 4.74 Å². The average molecular weight is 473 g/mol. The van der Waals surface area contributed by atoms with Gasteiger partial charge in [0.1, 0.15) is 29.5 Å². The van der Waals surface area contributed by atoms with Gasteiger partial charge in [-0.25, -0.2) is 4.98 Å².